The maximum atomic E-state index is 14.2. The van der Waals surface area contributed by atoms with E-state index in [1.54, 1.807) is 18.2 Å². The van der Waals surface area contributed by atoms with E-state index in [4.69, 9.17) is 14.2 Å². The highest BCUT2D eigenvalue weighted by Crippen LogP contribution is 2.42. The number of rotatable bonds is 13. The lowest BCUT2D eigenvalue weighted by atomic mass is 9.97. The summed E-state index contributed by atoms with van der Waals surface area (Å²) in [6, 6.07) is 20.0. The largest absolute Gasteiger partial charge is 0.492 e. The molecule has 0 amide bonds. The minimum atomic E-state index is -0.286. The van der Waals surface area contributed by atoms with Crippen LogP contribution < -0.4 is 14.2 Å². The third kappa shape index (κ3) is 8.34. The van der Waals surface area contributed by atoms with Crippen LogP contribution in [-0.2, 0) is 9.59 Å². The third-order valence-electron chi connectivity index (χ3n) is 9.49. The van der Waals surface area contributed by atoms with E-state index in [9.17, 15) is 14.4 Å². The van der Waals surface area contributed by atoms with Gasteiger partial charge in [0.05, 0.1) is 11.8 Å². The lowest BCUT2D eigenvalue weighted by molar-refractivity contribution is -0.140. The number of hydrogen-bond acceptors (Lipinski definition) is 8. The van der Waals surface area contributed by atoms with Crippen LogP contribution in [0.25, 0.3) is 20.5 Å². The van der Waals surface area contributed by atoms with Crippen LogP contribution in [0.15, 0.2) is 66.7 Å². The number of likely N-dealkylation sites (tertiary alicyclic amines) is 1. The Kier molecular flexibility index (Phi) is 11.4. The molecule has 3 aromatic carbocycles. The molecule has 1 aliphatic rings. The van der Waals surface area contributed by atoms with Gasteiger partial charge in [0.2, 0.25) is 0 Å². The van der Waals surface area contributed by atoms with Crippen molar-refractivity contribution in [2.75, 3.05) is 26.2 Å². The van der Waals surface area contributed by atoms with E-state index in [0.29, 0.717) is 29.2 Å². The van der Waals surface area contributed by atoms with E-state index in [1.807, 2.05) is 90.1 Å². The van der Waals surface area contributed by atoms with Crippen LogP contribution in [0.4, 0.5) is 0 Å². The molecule has 0 N–H and O–H groups in total. The summed E-state index contributed by atoms with van der Waals surface area (Å²) in [5.41, 5.74) is 1.93. The van der Waals surface area contributed by atoms with Gasteiger partial charge in [0.1, 0.15) is 23.9 Å². The lowest BCUT2D eigenvalue weighted by Gasteiger charge is -2.15. The Hall–Kier alpha value is -4.01. The maximum absolute atomic E-state index is 14.2. The van der Waals surface area contributed by atoms with E-state index in [0.717, 1.165) is 51.8 Å². The molecule has 5 rings (SSSR count). The van der Waals surface area contributed by atoms with E-state index in [2.05, 4.69) is 11.8 Å². The summed E-state index contributed by atoms with van der Waals surface area (Å²) < 4.78 is 18.2. The SMILES string of the molecule is CC1CCN(CCOc2ccc(C(=O)c3c(-c4ccc(OC(=O)C(C)C(C)C)cc4)sc4cc(OC(=O)C(C)C(C)C)ccc34)cc2)C1. The summed E-state index contributed by atoms with van der Waals surface area (Å²) in [4.78, 5) is 42.7. The number of carbonyl (C=O) groups is 3. The van der Waals surface area contributed by atoms with Crippen LogP contribution in [0, 0.1) is 29.6 Å². The number of benzene rings is 3. The highest BCUT2D eigenvalue weighted by molar-refractivity contribution is 7.22. The fourth-order valence-corrected chi connectivity index (χ4v) is 6.81. The molecule has 0 bridgehead atoms. The van der Waals surface area contributed by atoms with E-state index in [1.165, 1.54) is 17.8 Å². The average molecular weight is 670 g/mol. The molecule has 3 unspecified atom stereocenters. The quantitative estimate of drug-likeness (QED) is 0.0799. The van der Waals surface area contributed by atoms with Crippen molar-refractivity contribution in [1.82, 2.24) is 4.90 Å². The molecule has 254 valence electrons. The van der Waals surface area contributed by atoms with Crippen LogP contribution in [0.3, 0.4) is 0 Å². The molecule has 7 nitrogen and oxygen atoms in total. The first kappa shape index (κ1) is 35.3. The zero-order valence-corrected chi connectivity index (χ0v) is 29.9. The molecule has 0 saturated carbocycles. The lowest BCUT2D eigenvalue weighted by Crippen LogP contribution is -2.25. The summed E-state index contributed by atoms with van der Waals surface area (Å²) in [7, 11) is 0. The van der Waals surface area contributed by atoms with Gasteiger partial charge in [-0.2, -0.15) is 0 Å². The van der Waals surface area contributed by atoms with Gasteiger partial charge in [-0.1, -0.05) is 48.5 Å². The van der Waals surface area contributed by atoms with Gasteiger partial charge in [-0.3, -0.25) is 19.3 Å². The third-order valence-corrected chi connectivity index (χ3v) is 10.7. The predicted octanol–water partition coefficient (Wildman–Crippen LogP) is 8.91. The summed E-state index contributed by atoms with van der Waals surface area (Å²) in [5.74, 6) is 1.53. The van der Waals surface area contributed by atoms with Crippen LogP contribution in [0.1, 0.15) is 70.8 Å². The Labute approximate surface area is 288 Å². The smallest absolute Gasteiger partial charge is 0.314 e. The van der Waals surface area contributed by atoms with Crippen LogP contribution in [0.5, 0.6) is 17.2 Å². The van der Waals surface area contributed by atoms with Crippen molar-refractivity contribution in [3.05, 3.63) is 77.9 Å². The van der Waals surface area contributed by atoms with Gasteiger partial charge in [-0.15, -0.1) is 11.3 Å². The molecule has 8 heteroatoms. The molecule has 1 fully saturated rings. The van der Waals surface area contributed by atoms with Gasteiger partial charge in [-0.25, -0.2) is 0 Å². The molecule has 1 aromatic heterocycles. The molecule has 0 spiro atoms. The van der Waals surface area contributed by atoms with Gasteiger partial charge in [-0.05, 0) is 103 Å². The second-order valence-electron chi connectivity index (χ2n) is 13.8. The number of nitrogens with zero attached hydrogens (tertiary/aromatic N) is 1. The Bertz CT molecular complexity index is 1740. The summed E-state index contributed by atoms with van der Waals surface area (Å²) in [6.07, 6.45) is 1.23. The number of fused-ring (bicyclic) bond motifs is 1. The summed E-state index contributed by atoms with van der Waals surface area (Å²) in [6.45, 7) is 17.7. The fourth-order valence-electron chi connectivity index (χ4n) is 5.57. The normalized spacial score (nSPS) is 16.3. The second kappa shape index (κ2) is 15.5. The Morgan fingerprint density at radius 3 is 1.96 bits per heavy atom. The fraction of sp³-hybridized carbons (Fsp3) is 0.425. The number of hydrogen-bond donors (Lipinski definition) is 0. The highest BCUT2D eigenvalue weighted by atomic mass is 32.1. The van der Waals surface area contributed by atoms with Crippen molar-refractivity contribution in [3.63, 3.8) is 0 Å². The number of carbonyl (C=O) groups excluding carboxylic acids is 3. The number of thiophene rings is 1. The Morgan fingerprint density at radius 2 is 1.38 bits per heavy atom. The van der Waals surface area contributed by atoms with Gasteiger partial charge >= 0.3 is 11.9 Å². The molecular weight excluding hydrogens is 623 g/mol. The van der Waals surface area contributed by atoms with E-state index < -0.39 is 0 Å². The number of esters is 2. The van der Waals surface area contributed by atoms with Crippen molar-refractivity contribution in [2.45, 2.75) is 54.9 Å². The van der Waals surface area contributed by atoms with Crippen LogP contribution in [-0.4, -0.2) is 48.9 Å². The zero-order valence-electron chi connectivity index (χ0n) is 29.1. The molecule has 4 aromatic rings. The van der Waals surface area contributed by atoms with Crippen molar-refractivity contribution in [2.24, 2.45) is 29.6 Å². The molecule has 48 heavy (non-hydrogen) atoms. The molecule has 0 aliphatic carbocycles. The average Bonchev–Trinajstić information content (AvgIpc) is 3.66. The monoisotopic (exact) mass is 669 g/mol. The molecular formula is C40H47NO6S. The Balaban J connectivity index is 1.42. The van der Waals surface area contributed by atoms with Crippen molar-refractivity contribution in [1.29, 1.82) is 0 Å². The van der Waals surface area contributed by atoms with Crippen LogP contribution in [0.2, 0.25) is 0 Å². The van der Waals surface area contributed by atoms with E-state index >= 15 is 0 Å². The molecule has 1 aliphatic heterocycles. The summed E-state index contributed by atoms with van der Waals surface area (Å²) >= 11 is 1.46. The van der Waals surface area contributed by atoms with Crippen molar-refractivity contribution in [3.8, 4) is 27.7 Å². The molecule has 3 atom stereocenters. The van der Waals surface area contributed by atoms with E-state index in [-0.39, 0.29) is 41.4 Å². The topological polar surface area (TPSA) is 82.1 Å². The van der Waals surface area contributed by atoms with Crippen molar-refractivity contribution < 1.29 is 28.6 Å². The van der Waals surface area contributed by atoms with Crippen molar-refractivity contribution >= 4 is 39.1 Å². The summed E-state index contributed by atoms with van der Waals surface area (Å²) in [5, 5.41) is 0.776. The van der Waals surface area contributed by atoms with Gasteiger partial charge in [0, 0.05) is 39.2 Å². The first-order chi connectivity index (χ1) is 22.9. The highest BCUT2D eigenvalue weighted by Gasteiger charge is 2.25. The van der Waals surface area contributed by atoms with Gasteiger partial charge < -0.3 is 14.2 Å². The number of ether oxygens (including phenoxy) is 3. The minimum absolute atomic E-state index is 0.117. The van der Waals surface area contributed by atoms with Gasteiger partial charge in [0.25, 0.3) is 0 Å². The number of ketones is 1. The second-order valence-corrected chi connectivity index (χ2v) is 14.8. The predicted molar refractivity (Wildman–Crippen MR) is 192 cm³/mol. The first-order valence-electron chi connectivity index (χ1n) is 17.0. The van der Waals surface area contributed by atoms with Crippen LogP contribution >= 0.6 is 11.3 Å². The molecule has 2 heterocycles. The maximum Gasteiger partial charge on any atom is 0.314 e. The standard InChI is InChI=1S/C40H47NO6S/c1-24(2)27(6)39(43)46-32-14-10-30(11-15-32)38-36(34-17-16-33(22-35(34)48-38)47-40(44)28(7)25(3)4)37(42)29-8-12-31(13-9-29)45-21-20-41-19-18-26(5)23-41/h8-17,22,24-28H,18-21,23H2,1-7H3. The molecule has 1 saturated heterocycles. The zero-order chi connectivity index (χ0) is 34.5. The minimum Gasteiger partial charge on any atom is -0.492 e. The molecule has 0 radical (unpaired) electrons. The van der Waals surface area contributed by atoms with Gasteiger partial charge in [0.15, 0.2) is 5.78 Å². The Morgan fingerprint density at radius 1 is 0.792 bits per heavy atom. The first-order valence-corrected chi connectivity index (χ1v) is 17.8.